The fraction of sp³-hybridized carbons (Fsp3) is 0.318. The molecule has 0 heterocycles. The number of carbonyl (C=O) groups excluding carboxylic acids is 2. The predicted octanol–water partition coefficient (Wildman–Crippen LogP) is 2.58. The van der Waals surface area contributed by atoms with E-state index >= 15 is 0 Å². The number of anilines is 1. The summed E-state index contributed by atoms with van der Waals surface area (Å²) in [6.07, 6.45) is 0.179. The molecule has 8 nitrogen and oxygen atoms in total. The molecule has 2 aromatic rings. The van der Waals surface area contributed by atoms with Crippen molar-refractivity contribution in [3.8, 4) is 17.6 Å². The highest BCUT2D eigenvalue weighted by molar-refractivity contribution is 5.90. The first kappa shape index (κ1) is 22.7. The van der Waals surface area contributed by atoms with Crippen LogP contribution in [0.2, 0.25) is 0 Å². The van der Waals surface area contributed by atoms with E-state index in [4.69, 9.17) is 19.5 Å². The van der Waals surface area contributed by atoms with Crippen LogP contribution in [0.25, 0.3) is 0 Å². The number of nitrogens with one attached hydrogen (secondary N) is 1. The monoisotopic (exact) mass is 411 g/mol. The van der Waals surface area contributed by atoms with Crippen LogP contribution in [0.4, 0.5) is 5.69 Å². The van der Waals surface area contributed by atoms with Gasteiger partial charge in [-0.1, -0.05) is 0 Å². The van der Waals surface area contributed by atoms with Gasteiger partial charge < -0.3 is 19.5 Å². The molecule has 0 spiro atoms. The van der Waals surface area contributed by atoms with Gasteiger partial charge in [-0.15, -0.1) is 0 Å². The molecular formula is C22H25N3O5. The number of rotatable bonds is 10. The third kappa shape index (κ3) is 7.11. The molecule has 0 atom stereocenters. The molecule has 0 saturated heterocycles. The van der Waals surface area contributed by atoms with Crippen LogP contribution in [0.5, 0.6) is 11.5 Å². The highest BCUT2D eigenvalue weighted by Gasteiger charge is 2.15. The Bertz CT molecular complexity index is 884. The fourth-order valence-electron chi connectivity index (χ4n) is 2.79. The Kier molecular flexibility index (Phi) is 8.66. The Hall–Kier alpha value is -3.57. The predicted molar refractivity (Wildman–Crippen MR) is 111 cm³/mol. The number of methoxy groups -OCH3 is 3. The van der Waals surface area contributed by atoms with Gasteiger partial charge in [-0.25, -0.2) is 0 Å². The van der Waals surface area contributed by atoms with E-state index in [2.05, 4.69) is 5.32 Å². The first-order valence-electron chi connectivity index (χ1n) is 9.28. The van der Waals surface area contributed by atoms with Crippen LogP contribution in [-0.4, -0.2) is 51.2 Å². The lowest BCUT2D eigenvalue weighted by atomic mass is 10.1. The molecule has 1 N–H and O–H groups in total. The van der Waals surface area contributed by atoms with Crippen LogP contribution < -0.4 is 14.8 Å². The minimum absolute atomic E-state index is 0.0418. The number of esters is 1. The second-order valence-corrected chi connectivity index (χ2v) is 6.50. The molecule has 0 aromatic heterocycles. The Morgan fingerprint density at radius 2 is 1.67 bits per heavy atom. The molecule has 1 amide bonds. The van der Waals surface area contributed by atoms with Gasteiger partial charge in [-0.3, -0.25) is 14.5 Å². The highest BCUT2D eigenvalue weighted by Crippen LogP contribution is 2.23. The standard InChI is InChI=1S/C22H25N3O5/c1-28-19-10-17(11-20(12-19)29-2)14-25(15-22(27)30-3)9-8-21(26)24-18-6-4-16(13-23)5-7-18/h4-7,10-12H,8-9,14-15H2,1-3H3,(H,24,26). The number of amides is 1. The summed E-state index contributed by atoms with van der Waals surface area (Å²) in [6.45, 7) is 0.795. The van der Waals surface area contributed by atoms with E-state index in [1.165, 1.54) is 7.11 Å². The summed E-state index contributed by atoms with van der Waals surface area (Å²) < 4.78 is 15.4. The third-order valence-corrected chi connectivity index (χ3v) is 4.35. The van der Waals surface area contributed by atoms with Crippen LogP contribution in [0.3, 0.4) is 0 Å². The fourth-order valence-corrected chi connectivity index (χ4v) is 2.79. The molecule has 0 aliphatic heterocycles. The topological polar surface area (TPSA) is 101 Å². The van der Waals surface area contributed by atoms with Crippen LogP contribution in [0.15, 0.2) is 42.5 Å². The molecule has 2 rings (SSSR count). The number of ether oxygens (including phenoxy) is 3. The second-order valence-electron chi connectivity index (χ2n) is 6.50. The molecular weight excluding hydrogens is 386 g/mol. The summed E-state index contributed by atoms with van der Waals surface area (Å²) >= 11 is 0. The normalized spacial score (nSPS) is 10.2. The number of nitriles is 1. The lowest BCUT2D eigenvalue weighted by Crippen LogP contribution is -2.33. The van der Waals surface area contributed by atoms with Gasteiger partial charge in [-0.2, -0.15) is 5.26 Å². The van der Waals surface area contributed by atoms with Crippen LogP contribution in [0.1, 0.15) is 17.5 Å². The minimum atomic E-state index is -0.391. The van der Waals surface area contributed by atoms with Crippen LogP contribution in [0, 0.1) is 11.3 Å². The number of hydrogen-bond acceptors (Lipinski definition) is 7. The van der Waals surface area contributed by atoms with Gasteiger partial charge in [0.15, 0.2) is 0 Å². The zero-order valence-electron chi connectivity index (χ0n) is 17.3. The van der Waals surface area contributed by atoms with Gasteiger partial charge >= 0.3 is 5.97 Å². The lowest BCUT2D eigenvalue weighted by molar-refractivity contribution is -0.142. The van der Waals surface area contributed by atoms with E-state index in [1.54, 1.807) is 44.6 Å². The van der Waals surface area contributed by atoms with E-state index < -0.39 is 5.97 Å². The van der Waals surface area contributed by atoms with Crippen molar-refractivity contribution in [2.75, 3.05) is 39.7 Å². The van der Waals surface area contributed by atoms with Crippen molar-refractivity contribution in [2.45, 2.75) is 13.0 Å². The molecule has 2 aromatic carbocycles. The van der Waals surface area contributed by atoms with E-state index in [0.29, 0.717) is 35.8 Å². The lowest BCUT2D eigenvalue weighted by Gasteiger charge is -2.21. The van der Waals surface area contributed by atoms with E-state index in [-0.39, 0.29) is 18.9 Å². The first-order valence-corrected chi connectivity index (χ1v) is 9.28. The summed E-state index contributed by atoms with van der Waals surface area (Å²) in [6, 6.07) is 14.1. The molecule has 0 aliphatic carbocycles. The van der Waals surface area contributed by atoms with E-state index in [1.807, 2.05) is 23.1 Å². The zero-order chi connectivity index (χ0) is 21.9. The molecule has 30 heavy (non-hydrogen) atoms. The third-order valence-electron chi connectivity index (χ3n) is 4.35. The minimum Gasteiger partial charge on any atom is -0.497 e. The average Bonchev–Trinajstić information content (AvgIpc) is 2.77. The molecule has 8 heteroatoms. The molecule has 0 bridgehead atoms. The molecule has 0 saturated carbocycles. The van der Waals surface area contributed by atoms with Gasteiger partial charge in [0, 0.05) is 31.3 Å². The van der Waals surface area contributed by atoms with Gasteiger partial charge in [0.05, 0.1) is 39.5 Å². The number of nitrogens with zero attached hydrogens (tertiary/aromatic N) is 2. The maximum Gasteiger partial charge on any atom is 0.319 e. The van der Waals surface area contributed by atoms with Gasteiger partial charge in [-0.05, 0) is 42.0 Å². The summed E-state index contributed by atoms with van der Waals surface area (Å²) in [5.74, 6) is 0.692. The summed E-state index contributed by atoms with van der Waals surface area (Å²) in [5, 5.41) is 11.6. The van der Waals surface area contributed by atoms with Crippen molar-refractivity contribution in [1.82, 2.24) is 4.90 Å². The molecule has 0 unspecified atom stereocenters. The largest absolute Gasteiger partial charge is 0.497 e. The maximum absolute atomic E-state index is 12.3. The summed E-state index contributed by atoms with van der Waals surface area (Å²) in [5.41, 5.74) is 2.00. The van der Waals surface area contributed by atoms with Crippen molar-refractivity contribution in [2.24, 2.45) is 0 Å². The van der Waals surface area contributed by atoms with Crippen LogP contribution >= 0.6 is 0 Å². The van der Waals surface area contributed by atoms with Gasteiger partial charge in [0.25, 0.3) is 0 Å². The number of carbonyl (C=O) groups is 2. The second kappa shape index (κ2) is 11.4. The summed E-state index contributed by atoms with van der Waals surface area (Å²) in [4.78, 5) is 26.0. The van der Waals surface area contributed by atoms with Gasteiger partial charge in [0.1, 0.15) is 11.5 Å². The Morgan fingerprint density at radius 1 is 1.03 bits per heavy atom. The Balaban J connectivity index is 2.03. The zero-order valence-corrected chi connectivity index (χ0v) is 17.3. The molecule has 158 valence electrons. The van der Waals surface area contributed by atoms with Crippen molar-refractivity contribution in [3.05, 3.63) is 53.6 Å². The van der Waals surface area contributed by atoms with Crippen molar-refractivity contribution in [1.29, 1.82) is 5.26 Å². The molecule has 0 fully saturated rings. The maximum atomic E-state index is 12.3. The van der Waals surface area contributed by atoms with Crippen molar-refractivity contribution < 1.29 is 23.8 Å². The molecule has 0 aliphatic rings. The van der Waals surface area contributed by atoms with E-state index in [9.17, 15) is 9.59 Å². The number of hydrogen-bond donors (Lipinski definition) is 1. The smallest absolute Gasteiger partial charge is 0.319 e. The average molecular weight is 411 g/mol. The summed E-state index contributed by atoms with van der Waals surface area (Å²) in [7, 11) is 4.46. The van der Waals surface area contributed by atoms with Gasteiger partial charge in [0.2, 0.25) is 5.91 Å². The quantitative estimate of drug-likeness (QED) is 0.600. The number of benzene rings is 2. The van der Waals surface area contributed by atoms with Crippen LogP contribution in [-0.2, 0) is 20.9 Å². The van der Waals surface area contributed by atoms with Crippen molar-refractivity contribution >= 4 is 17.6 Å². The SMILES string of the molecule is COC(=O)CN(CCC(=O)Nc1ccc(C#N)cc1)Cc1cc(OC)cc(OC)c1. The Labute approximate surface area is 176 Å². The van der Waals surface area contributed by atoms with Crippen molar-refractivity contribution in [3.63, 3.8) is 0 Å². The highest BCUT2D eigenvalue weighted by atomic mass is 16.5. The molecule has 0 radical (unpaired) electrons. The Morgan fingerprint density at radius 3 is 2.20 bits per heavy atom. The van der Waals surface area contributed by atoms with E-state index in [0.717, 1.165) is 5.56 Å². The first-order chi connectivity index (χ1) is 14.5.